The van der Waals surface area contributed by atoms with Gasteiger partial charge in [0.05, 0.1) is 0 Å². The Morgan fingerprint density at radius 3 is 3.00 bits per heavy atom. The average molecular weight is 196 g/mol. The lowest BCUT2D eigenvalue weighted by atomic mass is 10.2. The Labute approximate surface area is 85.5 Å². The van der Waals surface area contributed by atoms with E-state index in [4.69, 9.17) is 5.73 Å². The number of aromatic nitrogens is 2. The molecule has 3 N–H and O–H groups in total. The normalized spacial score (nSPS) is 12.8. The predicted molar refractivity (Wildman–Crippen MR) is 59.3 cm³/mol. The second kappa shape index (κ2) is 5.65. The molecule has 0 aliphatic heterocycles. The number of aryl methyl sites for hydroxylation is 1. The van der Waals surface area contributed by atoms with Crippen LogP contribution in [0.3, 0.4) is 0 Å². The standard InChI is InChI=1S/C10H20N4/c1-3-9(11)5-6-12-10-13-7-8-14(10)4-2/h7-9H,3-6,11H2,1-2H3,(H,12,13). The largest absolute Gasteiger partial charge is 0.356 e. The predicted octanol–water partition coefficient (Wildman–Crippen LogP) is 1.44. The van der Waals surface area contributed by atoms with Crippen molar-refractivity contribution < 1.29 is 0 Å². The summed E-state index contributed by atoms with van der Waals surface area (Å²) in [6, 6.07) is 0.299. The van der Waals surface area contributed by atoms with Crippen LogP contribution in [0, 0.1) is 0 Å². The molecule has 4 nitrogen and oxygen atoms in total. The van der Waals surface area contributed by atoms with E-state index < -0.39 is 0 Å². The van der Waals surface area contributed by atoms with Gasteiger partial charge in [0.1, 0.15) is 0 Å². The highest BCUT2D eigenvalue weighted by Gasteiger charge is 2.01. The zero-order valence-electron chi connectivity index (χ0n) is 9.03. The third-order valence-electron chi connectivity index (χ3n) is 2.38. The zero-order valence-corrected chi connectivity index (χ0v) is 9.03. The minimum Gasteiger partial charge on any atom is -0.356 e. The minimum atomic E-state index is 0.299. The molecule has 0 aromatic carbocycles. The third-order valence-corrected chi connectivity index (χ3v) is 2.38. The number of hydrogen-bond donors (Lipinski definition) is 2. The first-order valence-corrected chi connectivity index (χ1v) is 5.28. The number of nitrogens with zero attached hydrogens (tertiary/aromatic N) is 2. The van der Waals surface area contributed by atoms with Crippen LogP contribution in [0.25, 0.3) is 0 Å². The lowest BCUT2D eigenvalue weighted by Gasteiger charge is -2.10. The maximum Gasteiger partial charge on any atom is 0.202 e. The summed E-state index contributed by atoms with van der Waals surface area (Å²) in [6.07, 6.45) is 5.81. The molecule has 0 saturated heterocycles. The smallest absolute Gasteiger partial charge is 0.202 e. The van der Waals surface area contributed by atoms with Gasteiger partial charge in [-0.1, -0.05) is 6.92 Å². The van der Waals surface area contributed by atoms with Crippen molar-refractivity contribution >= 4 is 5.95 Å². The molecule has 80 valence electrons. The first-order chi connectivity index (χ1) is 6.77. The summed E-state index contributed by atoms with van der Waals surface area (Å²) in [5.41, 5.74) is 5.82. The molecular formula is C10H20N4. The number of nitrogens with one attached hydrogen (secondary N) is 1. The van der Waals surface area contributed by atoms with Crippen molar-refractivity contribution in [1.29, 1.82) is 0 Å². The number of anilines is 1. The first kappa shape index (κ1) is 11.0. The van der Waals surface area contributed by atoms with Gasteiger partial charge in [-0.25, -0.2) is 4.98 Å². The topological polar surface area (TPSA) is 55.9 Å². The lowest BCUT2D eigenvalue weighted by molar-refractivity contribution is 0.610. The molecule has 1 rings (SSSR count). The van der Waals surface area contributed by atoms with Crippen molar-refractivity contribution in [2.45, 2.75) is 39.3 Å². The minimum absolute atomic E-state index is 0.299. The van der Waals surface area contributed by atoms with E-state index in [0.29, 0.717) is 6.04 Å². The van der Waals surface area contributed by atoms with E-state index in [1.165, 1.54) is 0 Å². The Morgan fingerprint density at radius 2 is 2.36 bits per heavy atom. The molecule has 14 heavy (non-hydrogen) atoms. The number of hydrogen-bond acceptors (Lipinski definition) is 3. The SMILES string of the molecule is CCC(N)CCNc1nccn1CC. The first-order valence-electron chi connectivity index (χ1n) is 5.28. The quantitative estimate of drug-likeness (QED) is 0.724. The molecule has 1 aromatic heterocycles. The molecule has 0 radical (unpaired) electrons. The number of nitrogens with two attached hydrogens (primary N) is 1. The summed E-state index contributed by atoms with van der Waals surface area (Å²) in [6.45, 7) is 6.05. The van der Waals surface area contributed by atoms with Gasteiger partial charge >= 0.3 is 0 Å². The van der Waals surface area contributed by atoms with Gasteiger partial charge in [0.2, 0.25) is 5.95 Å². The van der Waals surface area contributed by atoms with E-state index in [2.05, 4.69) is 28.7 Å². The molecule has 0 aliphatic rings. The van der Waals surface area contributed by atoms with E-state index in [9.17, 15) is 0 Å². The van der Waals surface area contributed by atoms with Crippen molar-refractivity contribution in [3.63, 3.8) is 0 Å². The monoisotopic (exact) mass is 196 g/mol. The molecule has 4 heteroatoms. The molecule has 0 fully saturated rings. The fourth-order valence-corrected chi connectivity index (χ4v) is 1.31. The van der Waals surface area contributed by atoms with Crippen molar-refractivity contribution in [3.8, 4) is 0 Å². The molecule has 1 aromatic rings. The summed E-state index contributed by atoms with van der Waals surface area (Å²) in [4.78, 5) is 4.22. The van der Waals surface area contributed by atoms with Crippen LogP contribution in [0.15, 0.2) is 12.4 Å². The third kappa shape index (κ3) is 3.03. The van der Waals surface area contributed by atoms with Crippen LogP contribution in [0.2, 0.25) is 0 Å². The van der Waals surface area contributed by atoms with Crippen molar-refractivity contribution in [1.82, 2.24) is 9.55 Å². The van der Waals surface area contributed by atoms with E-state index in [-0.39, 0.29) is 0 Å². The number of rotatable bonds is 6. The Kier molecular flexibility index (Phi) is 4.46. The van der Waals surface area contributed by atoms with Gasteiger partial charge < -0.3 is 15.6 Å². The summed E-state index contributed by atoms with van der Waals surface area (Å²) in [7, 11) is 0. The molecule has 0 saturated carbocycles. The Bertz CT molecular complexity index is 256. The summed E-state index contributed by atoms with van der Waals surface area (Å²) >= 11 is 0. The van der Waals surface area contributed by atoms with E-state index in [1.807, 2.05) is 12.4 Å². The van der Waals surface area contributed by atoms with Crippen LogP contribution < -0.4 is 11.1 Å². The van der Waals surface area contributed by atoms with Gasteiger partial charge in [-0.2, -0.15) is 0 Å². The van der Waals surface area contributed by atoms with Gasteiger partial charge in [-0.15, -0.1) is 0 Å². The molecule has 0 aliphatic carbocycles. The highest BCUT2D eigenvalue weighted by atomic mass is 15.2. The van der Waals surface area contributed by atoms with Crippen molar-refractivity contribution in [3.05, 3.63) is 12.4 Å². The molecule has 1 heterocycles. The average Bonchev–Trinajstić information content (AvgIpc) is 2.65. The van der Waals surface area contributed by atoms with Crippen molar-refractivity contribution in [2.75, 3.05) is 11.9 Å². The van der Waals surface area contributed by atoms with Crippen LogP contribution >= 0.6 is 0 Å². The van der Waals surface area contributed by atoms with Gasteiger partial charge in [-0.3, -0.25) is 0 Å². The highest BCUT2D eigenvalue weighted by Crippen LogP contribution is 2.04. The Balaban J connectivity index is 2.31. The van der Waals surface area contributed by atoms with Crippen LogP contribution in [0.1, 0.15) is 26.7 Å². The molecule has 0 spiro atoms. The van der Waals surface area contributed by atoms with Gasteiger partial charge in [-0.05, 0) is 19.8 Å². The molecule has 1 atom stereocenters. The second-order valence-corrected chi connectivity index (χ2v) is 3.42. The highest BCUT2D eigenvalue weighted by molar-refractivity contribution is 5.25. The number of imidazole rings is 1. The fourth-order valence-electron chi connectivity index (χ4n) is 1.31. The lowest BCUT2D eigenvalue weighted by Crippen LogP contribution is -2.22. The Morgan fingerprint density at radius 1 is 1.57 bits per heavy atom. The van der Waals surface area contributed by atoms with Crippen LogP contribution in [-0.2, 0) is 6.54 Å². The summed E-state index contributed by atoms with van der Waals surface area (Å²) in [5, 5.41) is 3.28. The second-order valence-electron chi connectivity index (χ2n) is 3.42. The molecule has 0 amide bonds. The Hall–Kier alpha value is -1.03. The molecule has 0 bridgehead atoms. The maximum absolute atomic E-state index is 5.82. The summed E-state index contributed by atoms with van der Waals surface area (Å²) < 4.78 is 2.08. The van der Waals surface area contributed by atoms with E-state index in [0.717, 1.165) is 31.9 Å². The van der Waals surface area contributed by atoms with Gasteiger partial charge in [0.15, 0.2) is 0 Å². The zero-order chi connectivity index (χ0) is 10.4. The van der Waals surface area contributed by atoms with E-state index >= 15 is 0 Å². The van der Waals surface area contributed by atoms with E-state index in [1.54, 1.807) is 0 Å². The molecule has 1 unspecified atom stereocenters. The van der Waals surface area contributed by atoms with Gasteiger partial charge in [0, 0.05) is 31.5 Å². The fraction of sp³-hybridized carbons (Fsp3) is 0.700. The molecular weight excluding hydrogens is 176 g/mol. The van der Waals surface area contributed by atoms with Crippen LogP contribution in [-0.4, -0.2) is 22.1 Å². The van der Waals surface area contributed by atoms with Crippen molar-refractivity contribution in [2.24, 2.45) is 5.73 Å². The van der Waals surface area contributed by atoms with Crippen LogP contribution in [0.5, 0.6) is 0 Å². The maximum atomic E-state index is 5.82. The van der Waals surface area contributed by atoms with Crippen LogP contribution in [0.4, 0.5) is 5.95 Å². The van der Waals surface area contributed by atoms with Gasteiger partial charge in [0.25, 0.3) is 0 Å². The summed E-state index contributed by atoms with van der Waals surface area (Å²) in [5.74, 6) is 0.941.